The lowest BCUT2D eigenvalue weighted by atomic mass is 10.2. The van der Waals surface area contributed by atoms with Gasteiger partial charge in [0.2, 0.25) is 5.91 Å². The van der Waals surface area contributed by atoms with Gasteiger partial charge in [0.1, 0.15) is 12.4 Å². The van der Waals surface area contributed by atoms with E-state index in [1.165, 1.54) is 6.26 Å². The first kappa shape index (κ1) is 21.4. The average Bonchev–Trinajstić information content (AvgIpc) is 3.47. The molecule has 0 aliphatic rings. The molecule has 0 atom stereocenters. The van der Waals surface area contributed by atoms with Crippen molar-refractivity contribution >= 4 is 28.5 Å². The molecule has 0 radical (unpaired) electrons. The molecule has 0 bridgehead atoms. The molecule has 2 heterocycles. The quantitative estimate of drug-likeness (QED) is 0.406. The Kier molecular flexibility index (Phi) is 6.65. The number of amides is 2. The number of aryl methyl sites for hydroxylation is 1. The van der Waals surface area contributed by atoms with Crippen LogP contribution in [0.4, 0.5) is 5.69 Å². The smallest absolute Gasteiger partial charge is 0.286 e. The first-order valence-electron chi connectivity index (χ1n) is 10.8. The lowest BCUT2D eigenvalue weighted by Gasteiger charge is -2.22. The van der Waals surface area contributed by atoms with Gasteiger partial charge in [0.25, 0.3) is 5.91 Å². The Labute approximate surface area is 186 Å². The third-order valence-corrected chi connectivity index (χ3v) is 5.32. The van der Waals surface area contributed by atoms with Gasteiger partial charge in [-0.3, -0.25) is 9.59 Å². The maximum Gasteiger partial charge on any atom is 0.286 e. The highest BCUT2D eigenvalue weighted by Gasteiger charge is 2.18. The molecule has 0 aliphatic carbocycles. The molecule has 2 amide bonds. The Hall–Kier alpha value is -3.87. The van der Waals surface area contributed by atoms with E-state index in [4.69, 9.17) is 9.40 Å². The third-order valence-electron chi connectivity index (χ3n) is 5.32. The number of para-hydroxylation sites is 3. The fraction of sp³-hybridized carbons (Fsp3) is 0.240. The van der Waals surface area contributed by atoms with E-state index in [1.807, 2.05) is 66.1 Å². The van der Waals surface area contributed by atoms with Gasteiger partial charge in [0.05, 0.1) is 17.3 Å². The maximum atomic E-state index is 13.2. The molecule has 7 heteroatoms. The number of nitrogens with zero attached hydrogens (tertiary/aromatic N) is 3. The number of hydrogen-bond donors (Lipinski definition) is 1. The van der Waals surface area contributed by atoms with Crippen LogP contribution in [0.25, 0.3) is 11.0 Å². The molecule has 0 fully saturated rings. The van der Waals surface area contributed by atoms with Crippen LogP contribution in [0.1, 0.15) is 29.7 Å². The van der Waals surface area contributed by atoms with Gasteiger partial charge in [-0.15, -0.1) is 0 Å². The fourth-order valence-corrected chi connectivity index (χ4v) is 3.77. The molecule has 2 aromatic carbocycles. The normalized spacial score (nSPS) is 10.9. The van der Waals surface area contributed by atoms with Crippen molar-refractivity contribution in [1.29, 1.82) is 0 Å². The van der Waals surface area contributed by atoms with Gasteiger partial charge in [-0.1, -0.05) is 30.3 Å². The van der Waals surface area contributed by atoms with Gasteiger partial charge in [-0.05, 0) is 49.7 Å². The van der Waals surface area contributed by atoms with Crippen molar-refractivity contribution in [2.45, 2.75) is 26.3 Å². The number of fused-ring (bicyclic) bond motifs is 1. The zero-order chi connectivity index (χ0) is 22.3. The minimum atomic E-state index is -0.236. The minimum absolute atomic E-state index is 0.00854. The summed E-state index contributed by atoms with van der Waals surface area (Å²) in [4.78, 5) is 31.8. The number of furan rings is 1. The van der Waals surface area contributed by atoms with E-state index < -0.39 is 0 Å². The number of aromatic nitrogens is 2. The maximum absolute atomic E-state index is 13.2. The first-order valence-corrected chi connectivity index (χ1v) is 10.8. The minimum Gasteiger partial charge on any atom is -0.459 e. The fourth-order valence-electron chi connectivity index (χ4n) is 3.77. The van der Waals surface area contributed by atoms with Crippen molar-refractivity contribution in [3.63, 3.8) is 0 Å². The van der Waals surface area contributed by atoms with E-state index in [0.717, 1.165) is 22.5 Å². The van der Waals surface area contributed by atoms with Gasteiger partial charge in [0, 0.05) is 25.2 Å². The summed E-state index contributed by atoms with van der Waals surface area (Å²) in [5.41, 5.74) is 2.67. The van der Waals surface area contributed by atoms with Crippen LogP contribution in [0.15, 0.2) is 77.4 Å². The summed E-state index contributed by atoms with van der Waals surface area (Å²) in [5, 5.41) is 2.85. The van der Waals surface area contributed by atoms with Gasteiger partial charge < -0.3 is 19.2 Å². The van der Waals surface area contributed by atoms with Crippen LogP contribution in [0.5, 0.6) is 0 Å². The largest absolute Gasteiger partial charge is 0.459 e. The van der Waals surface area contributed by atoms with Gasteiger partial charge in [0.15, 0.2) is 5.76 Å². The number of nitrogens with one attached hydrogen (secondary N) is 1. The molecule has 164 valence electrons. The van der Waals surface area contributed by atoms with Crippen molar-refractivity contribution in [3.05, 3.63) is 84.6 Å². The molecule has 1 N–H and O–H groups in total. The van der Waals surface area contributed by atoms with Crippen LogP contribution in [0.3, 0.4) is 0 Å². The molecular weight excluding hydrogens is 404 g/mol. The molecule has 4 rings (SSSR count). The van der Waals surface area contributed by atoms with Crippen molar-refractivity contribution in [2.75, 3.05) is 18.0 Å². The Balaban J connectivity index is 1.47. The second-order valence-electron chi connectivity index (χ2n) is 7.41. The number of hydrogen-bond acceptors (Lipinski definition) is 4. The van der Waals surface area contributed by atoms with Gasteiger partial charge >= 0.3 is 0 Å². The Morgan fingerprint density at radius 1 is 1.03 bits per heavy atom. The summed E-state index contributed by atoms with van der Waals surface area (Å²) in [5.74, 6) is 0.897. The summed E-state index contributed by atoms with van der Waals surface area (Å²) in [6.45, 7) is 3.25. The Morgan fingerprint density at radius 2 is 1.81 bits per heavy atom. The molecule has 0 spiro atoms. The summed E-state index contributed by atoms with van der Waals surface area (Å²) < 4.78 is 7.10. The number of imidazole rings is 1. The summed E-state index contributed by atoms with van der Waals surface area (Å²) in [6, 6.07) is 20.8. The number of likely N-dealkylation sites (N-methyl/N-ethyl adjacent to an activating group) is 1. The second-order valence-corrected chi connectivity index (χ2v) is 7.41. The number of benzene rings is 2. The number of carbonyl (C=O) groups is 2. The van der Waals surface area contributed by atoms with Crippen LogP contribution >= 0.6 is 0 Å². The van der Waals surface area contributed by atoms with E-state index in [0.29, 0.717) is 31.7 Å². The summed E-state index contributed by atoms with van der Waals surface area (Å²) >= 11 is 0. The molecule has 0 aliphatic heterocycles. The molecule has 0 unspecified atom stereocenters. The average molecular weight is 431 g/mol. The molecule has 32 heavy (non-hydrogen) atoms. The van der Waals surface area contributed by atoms with E-state index in [2.05, 4.69) is 5.32 Å². The predicted molar refractivity (Wildman–Crippen MR) is 124 cm³/mol. The molecular formula is C25H26N4O3. The lowest BCUT2D eigenvalue weighted by molar-refractivity contribution is -0.119. The monoisotopic (exact) mass is 430 g/mol. The van der Waals surface area contributed by atoms with Crippen LogP contribution in [0.2, 0.25) is 0 Å². The highest BCUT2D eigenvalue weighted by Crippen LogP contribution is 2.19. The standard InChI is InChI=1S/C25H26N4O3/c1-2-28(19-10-4-3-5-11-19)24(30)18-29-21-13-7-6-12-20(21)27-23(29)15-8-16-26-25(31)22-14-9-17-32-22/h3-7,9-14,17H,2,8,15-16,18H2,1H3,(H,26,31). The third kappa shape index (κ3) is 4.72. The van der Waals surface area contributed by atoms with Crippen LogP contribution in [-0.4, -0.2) is 34.5 Å². The van der Waals surface area contributed by atoms with E-state index in [9.17, 15) is 9.59 Å². The topological polar surface area (TPSA) is 80.4 Å². The van der Waals surface area contributed by atoms with E-state index in [-0.39, 0.29) is 18.4 Å². The van der Waals surface area contributed by atoms with Crippen molar-refractivity contribution < 1.29 is 14.0 Å². The predicted octanol–water partition coefficient (Wildman–Crippen LogP) is 4.05. The van der Waals surface area contributed by atoms with E-state index >= 15 is 0 Å². The van der Waals surface area contributed by atoms with Gasteiger partial charge in [-0.2, -0.15) is 0 Å². The molecule has 0 saturated carbocycles. The van der Waals surface area contributed by atoms with Crippen LogP contribution in [0, 0.1) is 0 Å². The highest BCUT2D eigenvalue weighted by molar-refractivity contribution is 5.94. The van der Waals surface area contributed by atoms with Crippen molar-refractivity contribution in [1.82, 2.24) is 14.9 Å². The number of anilines is 1. The summed E-state index contributed by atoms with van der Waals surface area (Å²) in [6.07, 6.45) is 2.81. The second kappa shape index (κ2) is 9.96. The number of rotatable bonds is 9. The zero-order valence-corrected chi connectivity index (χ0v) is 18.0. The Morgan fingerprint density at radius 3 is 2.56 bits per heavy atom. The van der Waals surface area contributed by atoms with E-state index in [1.54, 1.807) is 17.0 Å². The van der Waals surface area contributed by atoms with Gasteiger partial charge in [-0.25, -0.2) is 4.98 Å². The zero-order valence-electron chi connectivity index (χ0n) is 18.0. The molecule has 0 saturated heterocycles. The van der Waals surface area contributed by atoms with Crippen molar-refractivity contribution in [2.24, 2.45) is 0 Å². The van der Waals surface area contributed by atoms with Crippen LogP contribution < -0.4 is 10.2 Å². The molecule has 7 nitrogen and oxygen atoms in total. The first-order chi connectivity index (χ1) is 15.7. The lowest BCUT2D eigenvalue weighted by Crippen LogP contribution is -2.34. The molecule has 2 aromatic heterocycles. The highest BCUT2D eigenvalue weighted by atomic mass is 16.3. The van der Waals surface area contributed by atoms with Crippen molar-refractivity contribution in [3.8, 4) is 0 Å². The number of carbonyl (C=O) groups excluding carboxylic acids is 2. The summed E-state index contributed by atoms with van der Waals surface area (Å²) in [7, 11) is 0. The SMILES string of the molecule is CCN(C(=O)Cn1c(CCCNC(=O)c2ccco2)nc2ccccc21)c1ccccc1. The molecule has 4 aromatic rings. The Bertz CT molecular complexity index is 1180. The van der Waals surface area contributed by atoms with Crippen LogP contribution in [-0.2, 0) is 17.8 Å².